The number of carbonyl (C=O) groups is 3. The Morgan fingerprint density at radius 1 is 0.436 bits per heavy atom. The lowest BCUT2D eigenvalue weighted by molar-refractivity contribution is -0.151. The van der Waals surface area contributed by atoms with Crippen molar-refractivity contribution < 1.29 is 28.6 Å². The first-order valence-corrected chi connectivity index (χ1v) is 23.6. The molecule has 2 atom stereocenters. The zero-order chi connectivity index (χ0) is 40.6. The SMILES string of the molecule is CCCCCCCCC(CCCCCC)C(=O)OCCCCCC(CCCCCOC(=O)C(CCCCCC)CCCCCCCC)OC(=O)CCC(=N)N. The summed E-state index contributed by atoms with van der Waals surface area (Å²) in [5, 5.41) is 7.46. The number of amidine groups is 1. The molecule has 55 heavy (non-hydrogen) atoms. The topological polar surface area (TPSA) is 129 Å². The van der Waals surface area contributed by atoms with Crippen LogP contribution in [0.4, 0.5) is 0 Å². The lowest BCUT2D eigenvalue weighted by atomic mass is 9.94. The van der Waals surface area contributed by atoms with Gasteiger partial charge in [0, 0.05) is 6.42 Å². The molecule has 0 rings (SSSR count). The molecule has 0 fully saturated rings. The molecule has 8 nitrogen and oxygen atoms in total. The molecule has 3 N–H and O–H groups in total. The maximum atomic E-state index is 13.0. The average Bonchev–Trinajstić information content (AvgIpc) is 3.17. The summed E-state index contributed by atoms with van der Waals surface area (Å²) < 4.78 is 17.4. The van der Waals surface area contributed by atoms with E-state index in [4.69, 9.17) is 25.4 Å². The molecule has 0 amide bonds. The number of carbonyl (C=O) groups excluding carboxylic acids is 3. The Morgan fingerprint density at radius 3 is 1.11 bits per heavy atom. The van der Waals surface area contributed by atoms with Crippen LogP contribution in [0.25, 0.3) is 0 Å². The monoisotopic (exact) mass is 779 g/mol. The van der Waals surface area contributed by atoms with Gasteiger partial charge in [-0.25, -0.2) is 0 Å². The minimum Gasteiger partial charge on any atom is -0.465 e. The second kappa shape index (κ2) is 40.1. The fourth-order valence-corrected chi connectivity index (χ4v) is 7.36. The van der Waals surface area contributed by atoms with E-state index in [1.165, 1.54) is 103 Å². The Bertz CT molecular complexity index is 856. The molecule has 0 aliphatic carbocycles. The van der Waals surface area contributed by atoms with Crippen LogP contribution in [0, 0.1) is 17.2 Å². The van der Waals surface area contributed by atoms with Gasteiger partial charge in [-0.2, -0.15) is 0 Å². The molecule has 0 saturated heterocycles. The van der Waals surface area contributed by atoms with E-state index in [1.54, 1.807) is 0 Å². The molecular weight excluding hydrogens is 689 g/mol. The molecule has 0 spiro atoms. The molecule has 0 heterocycles. The van der Waals surface area contributed by atoms with Crippen molar-refractivity contribution >= 4 is 23.7 Å². The van der Waals surface area contributed by atoms with Crippen LogP contribution >= 0.6 is 0 Å². The van der Waals surface area contributed by atoms with Gasteiger partial charge in [-0.05, 0) is 77.0 Å². The molecule has 0 aliphatic heterocycles. The van der Waals surface area contributed by atoms with Gasteiger partial charge in [0.2, 0.25) is 0 Å². The van der Waals surface area contributed by atoms with E-state index in [1.807, 2.05) is 0 Å². The van der Waals surface area contributed by atoms with Crippen LogP contribution in [-0.4, -0.2) is 43.1 Å². The van der Waals surface area contributed by atoms with Gasteiger partial charge >= 0.3 is 17.9 Å². The van der Waals surface area contributed by atoms with E-state index >= 15 is 0 Å². The van der Waals surface area contributed by atoms with Gasteiger partial charge in [-0.3, -0.25) is 19.8 Å². The molecule has 0 aromatic rings. The van der Waals surface area contributed by atoms with Gasteiger partial charge < -0.3 is 19.9 Å². The zero-order valence-corrected chi connectivity index (χ0v) is 36.7. The molecule has 0 radical (unpaired) electrons. The van der Waals surface area contributed by atoms with Crippen LogP contribution in [-0.2, 0) is 28.6 Å². The summed E-state index contributed by atoms with van der Waals surface area (Å²) >= 11 is 0. The van der Waals surface area contributed by atoms with Crippen LogP contribution in [0.15, 0.2) is 0 Å². The van der Waals surface area contributed by atoms with E-state index < -0.39 is 0 Å². The largest absolute Gasteiger partial charge is 0.465 e. The predicted molar refractivity (Wildman–Crippen MR) is 230 cm³/mol. The third-order valence-electron chi connectivity index (χ3n) is 11.0. The van der Waals surface area contributed by atoms with E-state index in [0.717, 1.165) is 103 Å². The highest BCUT2D eigenvalue weighted by molar-refractivity contribution is 5.81. The third-order valence-corrected chi connectivity index (χ3v) is 11.0. The first-order valence-electron chi connectivity index (χ1n) is 23.6. The molecule has 0 aromatic carbocycles. The van der Waals surface area contributed by atoms with E-state index in [9.17, 15) is 14.4 Å². The number of hydrogen-bond acceptors (Lipinski definition) is 7. The molecule has 0 saturated carbocycles. The molecule has 8 heteroatoms. The number of rotatable bonds is 42. The smallest absolute Gasteiger partial charge is 0.308 e. The van der Waals surface area contributed by atoms with Gasteiger partial charge in [0.15, 0.2) is 0 Å². The fourth-order valence-electron chi connectivity index (χ4n) is 7.36. The number of esters is 3. The lowest BCUT2D eigenvalue weighted by Gasteiger charge is -2.19. The predicted octanol–water partition coefficient (Wildman–Crippen LogP) is 13.5. The first-order chi connectivity index (χ1) is 26.8. The summed E-state index contributed by atoms with van der Waals surface area (Å²) in [6, 6.07) is 0. The van der Waals surface area contributed by atoms with E-state index in [-0.39, 0.29) is 54.5 Å². The summed E-state index contributed by atoms with van der Waals surface area (Å²) in [5.74, 6) is -0.321. The van der Waals surface area contributed by atoms with Crippen LogP contribution < -0.4 is 5.73 Å². The van der Waals surface area contributed by atoms with Gasteiger partial charge in [-0.15, -0.1) is 0 Å². The fraction of sp³-hybridized carbons (Fsp3) is 0.915. The molecule has 0 aliphatic rings. The van der Waals surface area contributed by atoms with Crippen LogP contribution in [0.2, 0.25) is 0 Å². The maximum absolute atomic E-state index is 13.0. The molecule has 324 valence electrons. The van der Waals surface area contributed by atoms with Crippen molar-refractivity contribution in [2.45, 2.75) is 252 Å². The minimum absolute atomic E-state index is 0.0112. The summed E-state index contributed by atoms with van der Waals surface area (Å²) in [7, 11) is 0. The van der Waals surface area contributed by atoms with Crippen molar-refractivity contribution in [3.05, 3.63) is 0 Å². The van der Waals surface area contributed by atoms with E-state index in [0.29, 0.717) is 13.2 Å². The summed E-state index contributed by atoms with van der Waals surface area (Å²) in [6.45, 7) is 9.80. The maximum Gasteiger partial charge on any atom is 0.308 e. The Morgan fingerprint density at radius 2 is 0.745 bits per heavy atom. The van der Waals surface area contributed by atoms with Crippen molar-refractivity contribution in [1.29, 1.82) is 5.41 Å². The second-order valence-electron chi connectivity index (χ2n) is 16.4. The molecule has 2 unspecified atom stereocenters. The minimum atomic E-state index is -0.311. The Labute approximate surface area is 339 Å². The normalized spacial score (nSPS) is 12.9. The zero-order valence-electron chi connectivity index (χ0n) is 36.7. The van der Waals surface area contributed by atoms with Crippen LogP contribution in [0.1, 0.15) is 246 Å². The Balaban J connectivity index is 4.72. The highest BCUT2D eigenvalue weighted by Gasteiger charge is 2.21. The van der Waals surface area contributed by atoms with Crippen molar-refractivity contribution in [2.24, 2.45) is 17.6 Å². The van der Waals surface area contributed by atoms with Gasteiger partial charge in [0.1, 0.15) is 6.10 Å². The number of unbranched alkanes of at least 4 members (excludes halogenated alkanes) is 20. The Hall–Kier alpha value is -2.12. The van der Waals surface area contributed by atoms with Crippen molar-refractivity contribution in [3.8, 4) is 0 Å². The second-order valence-corrected chi connectivity index (χ2v) is 16.4. The number of nitrogens with one attached hydrogen (secondary N) is 1. The first kappa shape index (κ1) is 52.9. The number of hydrogen-bond donors (Lipinski definition) is 2. The average molecular weight is 779 g/mol. The van der Waals surface area contributed by atoms with Crippen molar-refractivity contribution in [2.75, 3.05) is 13.2 Å². The van der Waals surface area contributed by atoms with E-state index in [2.05, 4.69) is 27.7 Å². The van der Waals surface area contributed by atoms with Crippen LogP contribution in [0.5, 0.6) is 0 Å². The third kappa shape index (κ3) is 34.8. The summed E-state index contributed by atoms with van der Waals surface area (Å²) in [4.78, 5) is 38.6. The van der Waals surface area contributed by atoms with Crippen molar-refractivity contribution in [3.63, 3.8) is 0 Å². The highest BCUT2D eigenvalue weighted by Crippen LogP contribution is 2.23. The van der Waals surface area contributed by atoms with Crippen LogP contribution in [0.3, 0.4) is 0 Å². The molecule has 0 bridgehead atoms. The molecule has 0 aromatic heterocycles. The lowest BCUT2D eigenvalue weighted by Crippen LogP contribution is -2.21. The van der Waals surface area contributed by atoms with Gasteiger partial charge in [0.25, 0.3) is 0 Å². The van der Waals surface area contributed by atoms with Gasteiger partial charge in [0.05, 0.1) is 37.3 Å². The Kier molecular flexibility index (Phi) is 38.5. The standard InChI is InChI=1S/C47H90N2O6/c1-5-9-13-17-19-25-33-41(31-23-15-11-7-3)46(51)53-39-29-21-27-35-43(55-45(50)38-37-44(48)49)36-28-22-30-40-54-47(52)42(32-24-16-12-8-4)34-26-20-18-14-10-6-2/h41-43H,5-40H2,1-4H3,(H3,48,49). The number of ether oxygens (including phenoxy) is 3. The van der Waals surface area contributed by atoms with Gasteiger partial charge in [-0.1, -0.05) is 156 Å². The number of nitrogens with two attached hydrogens (primary N) is 1. The highest BCUT2D eigenvalue weighted by atomic mass is 16.5. The summed E-state index contributed by atoms with van der Waals surface area (Å²) in [5.41, 5.74) is 5.47. The summed E-state index contributed by atoms with van der Waals surface area (Å²) in [6.07, 6.45) is 34.8. The quantitative estimate of drug-likeness (QED) is 0.0207. The molecular formula is C47H90N2O6. The van der Waals surface area contributed by atoms with Crippen molar-refractivity contribution in [1.82, 2.24) is 0 Å².